The largest absolute Gasteiger partial charge is 0.476 e. The molecule has 3 aromatic heterocycles. The minimum absolute atomic E-state index is 0.0942. The molecule has 0 bridgehead atoms. The number of furan rings is 1. The number of aromatic carboxylic acids is 1. The summed E-state index contributed by atoms with van der Waals surface area (Å²) in [4.78, 5) is 27.3. The first-order chi connectivity index (χ1) is 15.4. The van der Waals surface area contributed by atoms with E-state index in [1.807, 2.05) is 6.07 Å². The number of nitrogen functional groups attached to an aromatic ring is 1. The Kier molecular flexibility index (Phi) is 7.13. The van der Waals surface area contributed by atoms with Crippen LogP contribution in [0.15, 0.2) is 57.5 Å². The summed E-state index contributed by atoms with van der Waals surface area (Å²) in [5, 5.41) is 16.8. The first-order valence-corrected chi connectivity index (χ1v) is 9.40. The van der Waals surface area contributed by atoms with E-state index in [4.69, 9.17) is 24.4 Å². The van der Waals surface area contributed by atoms with Crippen molar-refractivity contribution in [2.24, 2.45) is 0 Å². The Morgan fingerprint density at radius 3 is 2.47 bits per heavy atom. The zero-order chi connectivity index (χ0) is 23.1. The van der Waals surface area contributed by atoms with Crippen LogP contribution in [-0.4, -0.2) is 43.9 Å². The van der Waals surface area contributed by atoms with Crippen LogP contribution in [0.2, 0.25) is 0 Å². The van der Waals surface area contributed by atoms with Crippen LogP contribution in [0.5, 0.6) is 0 Å². The van der Waals surface area contributed by atoms with Crippen molar-refractivity contribution >= 4 is 17.6 Å². The van der Waals surface area contributed by atoms with E-state index in [0.717, 1.165) is 0 Å². The molecular formula is C21H21N5O6. The van der Waals surface area contributed by atoms with Crippen LogP contribution in [0, 0.1) is 0 Å². The monoisotopic (exact) mass is 439 g/mol. The molecule has 11 nitrogen and oxygen atoms in total. The molecule has 0 aliphatic carbocycles. The highest BCUT2D eigenvalue weighted by Gasteiger charge is 2.20. The molecule has 0 spiro atoms. The van der Waals surface area contributed by atoms with Gasteiger partial charge in [-0.25, -0.2) is 9.78 Å². The number of nitrogens with two attached hydrogens (primary N) is 1. The van der Waals surface area contributed by atoms with Gasteiger partial charge >= 0.3 is 5.97 Å². The van der Waals surface area contributed by atoms with Crippen molar-refractivity contribution in [3.8, 4) is 11.3 Å². The van der Waals surface area contributed by atoms with E-state index in [0.29, 0.717) is 29.4 Å². The lowest BCUT2D eigenvalue weighted by molar-refractivity contribution is 0.0691. The smallest absolute Gasteiger partial charge is 0.358 e. The van der Waals surface area contributed by atoms with E-state index in [1.54, 1.807) is 36.4 Å². The predicted octanol–water partition coefficient (Wildman–Crippen LogP) is 2.89. The molecule has 3 N–H and O–H groups in total. The topological polar surface area (TPSA) is 160 Å². The van der Waals surface area contributed by atoms with Gasteiger partial charge in [0.05, 0.1) is 6.20 Å². The van der Waals surface area contributed by atoms with Crippen molar-refractivity contribution < 1.29 is 28.3 Å². The molecule has 32 heavy (non-hydrogen) atoms. The van der Waals surface area contributed by atoms with Gasteiger partial charge in [-0.1, -0.05) is 30.3 Å². The second-order valence-electron chi connectivity index (χ2n) is 6.51. The molecule has 0 unspecified atom stereocenters. The number of benzene rings is 1. The van der Waals surface area contributed by atoms with Crippen LogP contribution >= 0.6 is 0 Å². The standard InChI is InChI=1S/C12H11NO4.C9H10N4O2/c1-16-7-9-13-10(12(14)15)11(17-9)8-5-3-2-4-6-8;1-6(14)8-3-2-7(15-8)5-13-11-4-9(10)12-13/h2-6H,7H2,1H3,(H,14,15);2-4H,5H2,1H3,(H2,10,12). The third-order valence-corrected chi connectivity index (χ3v) is 4.04. The molecule has 0 aliphatic rings. The second kappa shape index (κ2) is 10.2. The molecule has 4 aromatic rings. The van der Waals surface area contributed by atoms with Crippen molar-refractivity contribution in [1.82, 2.24) is 20.0 Å². The first-order valence-electron chi connectivity index (χ1n) is 9.40. The Labute approximate surface area is 182 Å². The van der Waals surface area contributed by atoms with Gasteiger partial charge in [0.2, 0.25) is 5.89 Å². The first kappa shape index (κ1) is 22.4. The van der Waals surface area contributed by atoms with E-state index < -0.39 is 5.97 Å². The Bertz CT molecular complexity index is 1190. The molecule has 0 saturated carbocycles. The number of Topliss-reactive ketones (excluding diaryl/α,β-unsaturated/α-hetero) is 1. The SMILES string of the molecule is CC(=O)c1ccc(Cn2ncc(N)n2)o1.COCc1nc(C(=O)O)c(-c2ccccc2)o1. The summed E-state index contributed by atoms with van der Waals surface area (Å²) in [7, 11) is 1.49. The number of anilines is 1. The van der Waals surface area contributed by atoms with Crippen LogP contribution < -0.4 is 5.73 Å². The third-order valence-electron chi connectivity index (χ3n) is 4.04. The fraction of sp³-hybridized carbons (Fsp3) is 0.190. The van der Waals surface area contributed by atoms with Gasteiger partial charge in [-0.15, -0.1) is 5.10 Å². The summed E-state index contributed by atoms with van der Waals surface area (Å²) < 4.78 is 15.5. The minimum Gasteiger partial charge on any atom is -0.476 e. The molecule has 166 valence electrons. The average molecular weight is 439 g/mol. The molecular weight excluding hydrogens is 418 g/mol. The van der Waals surface area contributed by atoms with Gasteiger partial charge in [0.25, 0.3) is 0 Å². The normalized spacial score (nSPS) is 10.4. The van der Waals surface area contributed by atoms with Crippen molar-refractivity contribution in [1.29, 1.82) is 0 Å². The molecule has 1 aromatic carbocycles. The summed E-state index contributed by atoms with van der Waals surface area (Å²) in [6.45, 7) is 1.96. The predicted molar refractivity (Wildman–Crippen MR) is 112 cm³/mol. The van der Waals surface area contributed by atoms with Crippen LogP contribution in [0.3, 0.4) is 0 Å². The highest BCUT2D eigenvalue weighted by atomic mass is 16.5. The fourth-order valence-corrected chi connectivity index (χ4v) is 2.66. The Balaban J connectivity index is 0.000000182. The molecule has 0 aliphatic heterocycles. The van der Waals surface area contributed by atoms with Gasteiger partial charge in [-0.05, 0) is 12.1 Å². The second-order valence-corrected chi connectivity index (χ2v) is 6.51. The molecule has 0 fully saturated rings. The number of carboxylic acids is 1. The van der Waals surface area contributed by atoms with Gasteiger partial charge < -0.3 is 24.4 Å². The molecule has 0 radical (unpaired) electrons. The van der Waals surface area contributed by atoms with E-state index in [9.17, 15) is 9.59 Å². The number of ether oxygens (including phenoxy) is 1. The maximum Gasteiger partial charge on any atom is 0.358 e. The lowest BCUT2D eigenvalue weighted by atomic mass is 10.1. The van der Waals surface area contributed by atoms with Crippen LogP contribution in [-0.2, 0) is 17.9 Å². The van der Waals surface area contributed by atoms with Crippen molar-refractivity contribution in [2.45, 2.75) is 20.1 Å². The zero-order valence-electron chi connectivity index (χ0n) is 17.4. The Morgan fingerprint density at radius 2 is 1.91 bits per heavy atom. The van der Waals surface area contributed by atoms with Gasteiger partial charge in [0, 0.05) is 19.6 Å². The Morgan fingerprint density at radius 1 is 1.16 bits per heavy atom. The maximum absolute atomic E-state index is 11.0. The summed E-state index contributed by atoms with van der Waals surface area (Å²) in [6, 6.07) is 12.3. The van der Waals surface area contributed by atoms with E-state index in [2.05, 4.69) is 15.2 Å². The average Bonchev–Trinajstić information content (AvgIpc) is 3.50. The molecule has 3 heterocycles. The zero-order valence-corrected chi connectivity index (χ0v) is 17.4. The van der Waals surface area contributed by atoms with E-state index >= 15 is 0 Å². The van der Waals surface area contributed by atoms with Crippen LogP contribution in [0.1, 0.15) is 39.6 Å². The summed E-state index contributed by atoms with van der Waals surface area (Å²) in [5.41, 5.74) is 5.99. The Hall–Kier alpha value is -4.25. The van der Waals surface area contributed by atoms with Gasteiger partial charge in [-0.3, -0.25) is 4.79 Å². The number of hydrogen-bond donors (Lipinski definition) is 2. The van der Waals surface area contributed by atoms with Crippen molar-refractivity contribution in [2.75, 3.05) is 12.8 Å². The van der Waals surface area contributed by atoms with Crippen molar-refractivity contribution in [3.05, 3.63) is 71.8 Å². The highest BCUT2D eigenvalue weighted by molar-refractivity contribution is 5.92. The van der Waals surface area contributed by atoms with Crippen molar-refractivity contribution in [3.63, 3.8) is 0 Å². The van der Waals surface area contributed by atoms with Crippen LogP contribution in [0.4, 0.5) is 5.82 Å². The van der Waals surface area contributed by atoms with E-state index in [1.165, 1.54) is 25.0 Å². The number of carbonyl (C=O) groups excluding carboxylic acids is 1. The molecule has 4 rings (SSSR count). The van der Waals surface area contributed by atoms with E-state index in [-0.39, 0.29) is 29.7 Å². The number of hydrogen-bond acceptors (Lipinski definition) is 9. The summed E-state index contributed by atoms with van der Waals surface area (Å²) in [6.07, 6.45) is 1.45. The summed E-state index contributed by atoms with van der Waals surface area (Å²) in [5.74, 6) is 0.604. The number of ketones is 1. The number of oxazole rings is 1. The fourth-order valence-electron chi connectivity index (χ4n) is 2.66. The number of methoxy groups -OCH3 is 1. The summed E-state index contributed by atoms with van der Waals surface area (Å²) >= 11 is 0. The number of nitrogens with zero attached hydrogens (tertiary/aromatic N) is 4. The number of carboxylic acid groups (broad SMARTS) is 1. The quantitative estimate of drug-likeness (QED) is 0.410. The lowest BCUT2D eigenvalue weighted by Gasteiger charge is -1.96. The maximum atomic E-state index is 11.0. The molecule has 0 saturated heterocycles. The van der Waals surface area contributed by atoms with Gasteiger partial charge in [0.15, 0.2) is 28.8 Å². The number of rotatable bonds is 7. The number of carbonyl (C=O) groups is 2. The molecule has 0 amide bonds. The number of aromatic nitrogens is 4. The third kappa shape index (κ3) is 5.67. The highest BCUT2D eigenvalue weighted by Crippen LogP contribution is 2.25. The van der Waals surface area contributed by atoms with Gasteiger partial charge in [0.1, 0.15) is 18.9 Å². The minimum atomic E-state index is -1.12. The lowest BCUT2D eigenvalue weighted by Crippen LogP contribution is -2.03. The van der Waals surface area contributed by atoms with Gasteiger partial charge in [-0.2, -0.15) is 9.90 Å². The van der Waals surface area contributed by atoms with Crippen LogP contribution in [0.25, 0.3) is 11.3 Å². The molecule has 11 heteroatoms. The molecule has 0 atom stereocenters.